The van der Waals surface area contributed by atoms with Crippen LogP contribution in [-0.4, -0.2) is 16.9 Å². The van der Waals surface area contributed by atoms with E-state index >= 15 is 0 Å². The predicted molar refractivity (Wildman–Crippen MR) is 97.4 cm³/mol. The number of rotatable bonds is 6. The van der Waals surface area contributed by atoms with E-state index < -0.39 is 16.9 Å². The van der Waals surface area contributed by atoms with Gasteiger partial charge >= 0.3 is 0 Å². The molecule has 25 heavy (non-hydrogen) atoms. The maximum absolute atomic E-state index is 12.5. The second-order valence-corrected chi connectivity index (χ2v) is 6.08. The predicted octanol–water partition coefficient (Wildman–Crippen LogP) is 4.66. The van der Waals surface area contributed by atoms with Gasteiger partial charge in [-0.2, -0.15) is 0 Å². The number of ether oxygens (including phenoxy) is 1. The lowest BCUT2D eigenvalue weighted by atomic mass is 10.1. The first-order valence-electron chi connectivity index (χ1n) is 7.80. The minimum Gasteiger partial charge on any atom is -0.481 e. The fourth-order valence-corrected chi connectivity index (χ4v) is 2.37. The standard InChI is InChI=1S/C18H19ClN2O4/c1-4-17(25-14-7-5-11(2)12(3)9-14)18(22)20-16-10-13(21(23)24)6-8-15(16)19/h5-10,17H,4H2,1-3H3,(H,20,22)/t17-/m0/s1. The summed E-state index contributed by atoms with van der Waals surface area (Å²) >= 11 is 6.01. The monoisotopic (exact) mass is 362 g/mol. The number of benzene rings is 2. The normalized spacial score (nSPS) is 11.7. The molecule has 0 saturated carbocycles. The lowest BCUT2D eigenvalue weighted by Gasteiger charge is -2.18. The van der Waals surface area contributed by atoms with Gasteiger partial charge in [-0.25, -0.2) is 0 Å². The van der Waals surface area contributed by atoms with Crippen LogP contribution in [0.4, 0.5) is 11.4 Å². The molecular formula is C18H19ClN2O4. The minimum absolute atomic E-state index is 0.150. The zero-order valence-electron chi connectivity index (χ0n) is 14.2. The van der Waals surface area contributed by atoms with Crippen molar-refractivity contribution in [3.8, 4) is 5.75 Å². The van der Waals surface area contributed by atoms with E-state index in [2.05, 4.69) is 5.32 Å². The van der Waals surface area contributed by atoms with Crippen molar-refractivity contribution in [2.75, 3.05) is 5.32 Å². The van der Waals surface area contributed by atoms with Crippen LogP contribution in [0, 0.1) is 24.0 Å². The molecule has 1 amide bonds. The smallest absolute Gasteiger partial charge is 0.271 e. The van der Waals surface area contributed by atoms with Crippen molar-refractivity contribution in [1.29, 1.82) is 0 Å². The SMILES string of the molecule is CC[C@H](Oc1ccc(C)c(C)c1)C(=O)Nc1cc([N+](=O)[O-])ccc1Cl. The number of nitro groups is 1. The van der Waals surface area contributed by atoms with Gasteiger partial charge in [0.1, 0.15) is 5.75 Å². The van der Waals surface area contributed by atoms with E-state index in [0.717, 1.165) is 11.1 Å². The average molecular weight is 363 g/mol. The Labute approximate surface area is 150 Å². The first kappa shape index (κ1) is 18.7. The Bertz CT molecular complexity index is 808. The molecule has 0 saturated heterocycles. The molecule has 6 nitrogen and oxygen atoms in total. The van der Waals surface area contributed by atoms with E-state index in [4.69, 9.17) is 16.3 Å². The number of carbonyl (C=O) groups is 1. The number of nitro benzene ring substituents is 1. The van der Waals surface area contributed by atoms with E-state index in [9.17, 15) is 14.9 Å². The highest BCUT2D eigenvalue weighted by molar-refractivity contribution is 6.33. The molecule has 0 fully saturated rings. The topological polar surface area (TPSA) is 81.5 Å². The number of nitrogens with one attached hydrogen (secondary N) is 1. The summed E-state index contributed by atoms with van der Waals surface area (Å²) in [6, 6.07) is 9.47. The molecule has 1 N–H and O–H groups in total. The molecule has 0 aliphatic rings. The van der Waals surface area contributed by atoms with Gasteiger partial charge in [-0.1, -0.05) is 24.6 Å². The number of halogens is 1. The van der Waals surface area contributed by atoms with Crippen molar-refractivity contribution in [1.82, 2.24) is 0 Å². The lowest BCUT2D eigenvalue weighted by Crippen LogP contribution is -2.32. The van der Waals surface area contributed by atoms with Gasteiger partial charge in [-0.15, -0.1) is 0 Å². The van der Waals surface area contributed by atoms with Gasteiger partial charge in [-0.05, 0) is 49.6 Å². The number of amides is 1. The van der Waals surface area contributed by atoms with E-state index in [-0.39, 0.29) is 16.4 Å². The molecule has 132 valence electrons. The van der Waals surface area contributed by atoms with Crippen LogP contribution in [0.1, 0.15) is 24.5 Å². The Balaban J connectivity index is 2.16. The second kappa shape index (κ2) is 7.98. The fourth-order valence-electron chi connectivity index (χ4n) is 2.21. The van der Waals surface area contributed by atoms with Crippen molar-refractivity contribution in [3.63, 3.8) is 0 Å². The molecule has 1 atom stereocenters. The van der Waals surface area contributed by atoms with Gasteiger partial charge in [-0.3, -0.25) is 14.9 Å². The van der Waals surface area contributed by atoms with Gasteiger partial charge in [0.05, 0.1) is 15.6 Å². The molecule has 2 aromatic rings. The summed E-state index contributed by atoms with van der Waals surface area (Å²) in [5.74, 6) is 0.179. The molecule has 0 aliphatic heterocycles. The van der Waals surface area contributed by atoms with Crippen LogP contribution < -0.4 is 10.1 Å². The maximum Gasteiger partial charge on any atom is 0.271 e. The van der Waals surface area contributed by atoms with Gasteiger partial charge in [0.15, 0.2) is 6.10 Å². The second-order valence-electron chi connectivity index (χ2n) is 5.67. The van der Waals surface area contributed by atoms with Crippen LogP contribution in [0.2, 0.25) is 5.02 Å². The largest absolute Gasteiger partial charge is 0.481 e. The Morgan fingerprint density at radius 2 is 1.96 bits per heavy atom. The molecule has 0 unspecified atom stereocenters. The molecular weight excluding hydrogens is 344 g/mol. The van der Waals surface area contributed by atoms with Crippen LogP contribution in [0.3, 0.4) is 0 Å². The first-order valence-corrected chi connectivity index (χ1v) is 8.18. The Hall–Kier alpha value is -2.60. The van der Waals surface area contributed by atoms with Crippen molar-refractivity contribution in [2.45, 2.75) is 33.3 Å². The number of non-ortho nitro benzene ring substituents is 1. The first-order chi connectivity index (χ1) is 11.8. The number of nitrogens with zero attached hydrogens (tertiary/aromatic N) is 1. The minimum atomic E-state index is -0.738. The highest BCUT2D eigenvalue weighted by Crippen LogP contribution is 2.27. The van der Waals surface area contributed by atoms with Gasteiger partial charge in [0.25, 0.3) is 11.6 Å². The van der Waals surface area contributed by atoms with Crippen LogP contribution in [0.15, 0.2) is 36.4 Å². The number of anilines is 1. The van der Waals surface area contributed by atoms with Gasteiger partial charge in [0, 0.05) is 12.1 Å². The Morgan fingerprint density at radius 3 is 2.56 bits per heavy atom. The molecule has 0 aliphatic carbocycles. The third kappa shape index (κ3) is 4.70. The zero-order chi connectivity index (χ0) is 18.6. The number of aryl methyl sites for hydroxylation is 2. The highest BCUT2D eigenvalue weighted by Gasteiger charge is 2.21. The summed E-state index contributed by atoms with van der Waals surface area (Å²) < 4.78 is 5.76. The van der Waals surface area contributed by atoms with Gasteiger partial charge < -0.3 is 10.1 Å². The molecule has 0 bridgehead atoms. The third-order valence-corrected chi connectivity index (χ3v) is 4.17. The summed E-state index contributed by atoms with van der Waals surface area (Å²) in [5, 5.41) is 13.7. The quantitative estimate of drug-likeness (QED) is 0.598. The Morgan fingerprint density at radius 1 is 1.24 bits per heavy atom. The molecule has 0 spiro atoms. The molecule has 0 heterocycles. The highest BCUT2D eigenvalue weighted by atomic mass is 35.5. The zero-order valence-corrected chi connectivity index (χ0v) is 15.0. The molecule has 0 radical (unpaired) electrons. The van der Waals surface area contributed by atoms with Crippen LogP contribution in [-0.2, 0) is 4.79 Å². The summed E-state index contributed by atoms with van der Waals surface area (Å²) in [5.41, 5.74) is 2.23. The van der Waals surface area contributed by atoms with Crippen LogP contribution in [0.25, 0.3) is 0 Å². The van der Waals surface area contributed by atoms with E-state index in [0.29, 0.717) is 12.2 Å². The fraction of sp³-hybridized carbons (Fsp3) is 0.278. The number of hydrogen-bond acceptors (Lipinski definition) is 4. The van der Waals surface area contributed by atoms with E-state index in [1.54, 1.807) is 6.07 Å². The summed E-state index contributed by atoms with van der Waals surface area (Å²) in [6.07, 6.45) is -0.303. The van der Waals surface area contributed by atoms with E-state index in [1.807, 2.05) is 32.9 Å². The summed E-state index contributed by atoms with van der Waals surface area (Å²) in [4.78, 5) is 22.8. The van der Waals surface area contributed by atoms with Crippen molar-refractivity contribution in [2.24, 2.45) is 0 Å². The van der Waals surface area contributed by atoms with Crippen molar-refractivity contribution < 1.29 is 14.5 Å². The summed E-state index contributed by atoms with van der Waals surface area (Å²) in [6.45, 7) is 5.78. The van der Waals surface area contributed by atoms with Crippen LogP contribution in [0.5, 0.6) is 5.75 Å². The Kier molecular flexibility index (Phi) is 5.98. The summed E-state index contributed by atoms with van der Waals surface area (Å²) in [7, 11) is 0. The molecule has 7 heteroatoms. The average Bonchev–Trinajstić information content (AvgIpc) is 2.57. The van der Waals surface area contributed by atoms with Crippen molar-refractivity contribution in [3.05, 3.63) is 62.7 Å². The molecule has 0 aromatic heterocycles. The number of carbonyl (C=O) groups excluding carboxylic acids is 1. The van der Waals surface area contributed by atoms with E-state index in [1.165, 1.54) is 18.2 Å². The third-order valence-electron chi connectivity index (χ3n) is 3.84. The molecule has 2 aromatic carbocycles. The van der Waals surface area contributed by atoms with Crippen LogP contribution >= 0.6 is 11.6 Å². The molecule has 2 rings (SSSR count). The van der Waals surface area contributed by atoms with Gasteiger partial charge in [0.2, 0.25) is 0 Å². The lowest BCUT2D eigenvalue weighted by molar-refractivity contribution is -0.384. The number of hydrogen-bond donors (Lipinski definition) is 1. The van der Waals surface area contributed by atoms with Crippen molar-refractivity contribution >= 4 is 28.9 Å². The maximum atomic E-state index is 12.5.